The number of hydrogen-bond donors (Lipinski definition) is 3. The molecule has 66 valence electrons. The predicted molar refractivity (Wildman–Crippen MR) is 44.8 cm³/mol. The van der Waals surface area contributed by atoms with Gasteiger partial charge >= 0.3 is 0 Å². The molecule has 0 spiro atoms. The van der Waals surface area contributed by atoms with Crippen molar-refractivity contribution in [2.24, 2.45) is 0 Å². The maximum absolute atomic E-state index is 11.3. The van der Waals surface area contributed by atoms with Crippen LogP contribution >= 0.6 is 7.37 Å². The molecule has 0 aromatic carbocycles. The Hall–Kier alpha value is 0.110. The van der Waals surface area contributed by atoms with E-state index in [0.29, 0.717) is 0 Å². The van der Waals surface area contributed by atoms with Gasteiger partial charge in [0.1, 0.15) is 5.40 Å². The molecule has 4 nitrogen and oxygen atoms in total. The first kappa shape index (κ1) is 9.20. The van der Waals surface area contributed by atoms with Crippen molar-refractivity contribution in [3.05, 3.63) is 0 Å². The molecular weight excluding hydrogens is 163 g/mol. The highest BCUT2D eigenvalue weighted by Gasteiger charge is 2.39. The fourth-order valence-corrected chi connectivity index (χ4v) is 1.92. The molecule has 1 unspecified atom stereocenters. The molecule has 1 atom stereocenters. The molecule has 1 fully saturated rings. The Morgan fingerprint density at radius 2 is 1.91 bits per heavy atom. The van der Waals surface area contributed by atoms with Gasteiger partial charge in [-0.15, -0.1) is 0 Å². The van der Waals surface area contributed by atoms with Gasteiger partial charge in [-0.1, -0.05) is 0 Å². The molecular formula is C6H15N2O2P. The van der Waals surface area contributed by atoms with E-state index in [4.69, 9.17) is 0 Å². The van der Waals surface area contributed by atoms with Crippen molar-refractivity contribution in [2.45, 2.75) is 18.7 Å². The van der Waals surface area contributed by atoms with Gasteiger partial charge in [0.15, 0.2) is 0 Å². The summed E-state index contributed by atoms with van der Waals surface area (Å²) in [4.78, 5) is 9.33. The van der Waals surface area contributed by atoms with Gasteiger partial charge in [0.05, 0.1) is 0 Å². The van der Waals surface area contributed by atoms with Crippen molar-refractivity contribution < 1.29 is 9.46 Å². The Labute approximate surface area is 66.8 Å². The first-order valence-corrected chi connectivity index (χ1v) is 5.87. The Bertz CT molecular complexity index is 183. The molecule has 5 heteroatoms. The van der Waals surface area contributed by atoms with E-state index >= 15 is 0 Å². The van der Waals surface area contributed by atoms with Crippen LogP contribution in [0.5, 0.6) is 0 Å². The fourth-order valence-electron chi connectivity index (χ4n) is 1.11. The Kier molecular flexibility index (Phi) is 2.40. The van der Waals surface area contributed by atoms with Gasteiger partial charge in [-0.3, -0.25) is 15.2 Å². The standard InChI is InChI=1S/C6H15N2O2P/c1-6(11(2,9)10)7-4-3-5-8-6/h7-8H,3-5H2,1-2H3,(H,9,10). The summed E-state index contributed by atoms with van der Waals surface area (Å²) < 4.78 is 11.3. The van der Waals surface area contributed by atoms with Crippen LogP contribution in [0.15, 0.2) is 0 Å². The molecule has 0 aromatic rings. The summed E-state index contributed by atoms with van der Waals surface area (Å²) in [5.41, 5.74) is 0. The first-order chi connectivity index (χ1) is 4.96. The summed E-state index contributed by atoms with van der Waals surface area (Å²) in [5.74, 6) is 0. The molecule has 0 radical (unpaired) electrons. The third-order valence-corrected chi connectivity index (χ3v) is 4.10. The van der Waals surface area contributed by atoms with E-state index in [1.807, 2.05) is 0 Å². The average molecular weight is 178 g/mol. The minimum atomic E-state index is -3.08. The summed E-state index contributed by atoms with van der Waals surface area (Å²) in [5, 5.41) is 5.25. The van der Waals surface area contributed by atoms with Gasteiger partial charge in [-0.05, 0) is 26.4 Å². The van der Waals surface area contributed by atoms with Crippen LogP contribution in [0.2, 0.25) is 0 Å². The van der Waals surface area contributed by atoms with Crippen molar-refractivity contribution in [2.75, 3.05) is 19.8 Å². The summed E-state index contributed by atoms with van der Waals surface area (Å²) in [6.07, 6.45) is 1.01. The van der Waals surface area contributed by atoms with Crippen molar-refractivity contribution in [3.8, 4) is 0 Å². The number of hydrogen-bond acceptors (Lipinski definition) is 3. The minimum absolute atomic E-state index is 0.773. The van der Waals surface area contributed by atoms with Gasteiger partial charge in [0.25, 0.3) is 0 Å². The molecule has 1 heterocycles. The quantitative estimate of drug-likeness (QED) is 0.500. The molecule has 0 aliphatic carbocycles. The number of nitrogens with one attached hydrogen (secondary N) is 2. The highest BCUT2D eigenvalue weighted by Crippen LogP contribution is 2.47. The van der Waals surface area contributed by atoms with Crippen LogP contribution in [0.4, 0.5) is 0 Å². The normalized spacial score (nSPS) is 29.4. The van der Waals surface area contributed by atoms with Gasteiger partial charge in [0, 0.05) is 6.66 Å². The first-order valence-electron chi connectivity index (χ1n) is 3.76. The van der Waals surface area contributed by atoms with Gasteiger partial charge in [0.2, 0.25) is 7.37 Å². The lowest BCUT2D eigenvalue weighted by atomic mass is 10.3. The molecule has 1 aliphatic rings. The van der Waals surface area contributed by atoms with Gasteiger partial charge in [-0.25, -0.2) is 0 Å². The summed E-state index contributed by atoms with van der Waals surface area (Å²) in [6.45, 7) is 4.72. The van der Waals surface area contributed by atoms with E-state index in [2.05, 4.69) is 10.6 Å². The smallest absolute Gasteiger partial charge is 0.230 e. The van der Waals surface area contributed by atoms with Crippen LogP contribution < -0.4 is 10.6 Å². The van der Waals surface area contributed by atoms with Crippen LogP contribution in [-0.4, -0.2) is 30.1 Å². The van der Waals surface area contributed by atoms with Crippen molar-refractivity contribution in [1.29, 1.82) is 0 Å². The van der Waals surface area contributed by atoms with Gasteiger partial charge < -0.3 is 4.89 Å². The second-order valence-corrected chi connectivity index (χ2v) is 5.81. The van der Waals surface area contributed by atoms with Crippen LogP contribution in [0.1, 0.15) is 13.3 Å². The third kappa shape index (κ3) is 1.82. The van der Waals surface area contributed by atoms with Crippen LogP contribution in [0.25, 0.3) is 0 Å². The second-order valence-electron chi connectivity index (χ2n) is 3.16. The van der Waals surface area contributed by atoms with Crippen molar-refractivity contribution >= 4 is 7.37 Å². The van der Waals surface area contributed by atoms with E-state index in [-0.39, 0.29) is 0 Å². The van der Waals surface area contributed by atoms with Crippen molar-refractivity contribution in [3.63, 3.8) is 0 Å². The summed E-state index contributed by atoms with van der Waals surface area (Å²) in [7, 11) is -3.08. The zero-order valence-corrected chi connectivity index (χ0v) is 7.82. The molecule has 1 rings (SSSR count). The van der Waals surface area contributed by atoms with E-state index in [1.165, 1.54) is 6.66 Å². The van der Waals surface area contributed by atoms with Crippen LogP contribution in [0.3, 0.4) is 0 Å². The Morgan fingerprint density at radius 3 is 2.18 bits per heavy atom. The largest absolute Gasteiger partial charge is 0.342 e. The molecule has 0 amide bonds. The zero-order chi connectivity index (χ0) is 8.54. The third-order valence-electron chi connectivity index (χ3n) is 2.12. The van der Waals surface area contributed by atoms with Crippen LogP contribution in [0, 0.1) is 0 Å². The van der Waals surface area contributed by atoms with Crippen molar-refractivity contribution in [1.82, 2.24) is 10.6 Å². The van der Waals surface area contributed by atoms with Crippen LogP contribution in [-0.2, 0) is 4.57 Å². The lowest BCUT2D eigenvalue weighted by Gasteiger charge is -2.37. The molecule has 1 saturated heterocycles. The fraction of sp³-hybridized carbons (Fsp3) is 1.00. The Morgan fingerprint density at radius 1 is 1.45 bits per heavy atom. The molecule has 0 saturated carbocycles. The molecule has 1 aliphatic heterocycles. The van der Waals surface area contributed by atoms with Gasteiger partial charge in [-0.2, -0.15) is 0 Å². The van der Waals surface area contributed by atoms with E-state index in [0.717, 1.165) is 19.5 Å². The average Bonchev–Trinajstić information content (AvgIpc) is 1.87. The number of rotatable bonds is 1. The zero-order valence-electron chi connectivity index (χ0n) is 6.92. The second kappa shape index (κ2) is 2.87. The highest BCUT2D eigenvalue weighted by molar-refractivity contribution is 7.58. The maximum Gasteiger partial charge on any atom is 0.230 e. The minimum Gasteiger partial charge on any atom is -0.342 e. The highest BCUT2D eigenvalue weighted by atomic mass is 31.2. The molecule has 0 aromatic heterocycles. The Balaban J connectivity index is 2.72. The monoisotopic (exact) mass is 178 g/mol. The van der Waals surface area contributed by atoms with E-state index < -0.39 is 12.8 Å². The predicted octanol–water partition coefficient (Wildman–Crippen LogP) is 0.143. The molecule has 0 bridgehead atoms. The lowest BCUT2D eigenvalue weighted by Crippen LogP contribution is -2.58. The molecule has 3 N–H and O–H groups in total. The summed E-state index contributed by atoms with van der Waals surface area (Å²) in [6, 6.07) is 0. The topological polar surface area (TPSA) is 61.4 Å². The molecule has 11 heavy (non-hydrogen) atoms. The van der Waals surface area contributed by atoms with E-state index in [9.17, 15) is 9.46 Å². The SMILES string of the molecule is CC1(P(C)(=O)O)NCCCN1. The lowest BCUT2D eigenvalue weighted by molar-refractivity contribution is 0.304. The maximum atomic E-state index is 11.3. The summed E-state index contributed by atoms with van der Waals surface area (Å²) >= 11 is 0. The van der Waals surface area contributed by atoms with E-state index in [1.54, 1.807) is 6.92 Å².